The maximum atomic E-state index is 11.1. The Morgan fingerprint density at radius 2 is 2.20 bits per heavy atom. The molecule has 0 unspecified atom stereocenters. The number of nitrogens with zero attached hydrogens (tertiary/aromatic N) is 4. The van der Waals surface area contributed by atoms with Gasteiger partial charge < -0.3 is 4.74 Å². The molecule has 9 heteroatoms. The van der Waals surface area contributed by atoms with E-state index in [1.165, 1.54) is 0 Å². The van der Waals surface area contributed by atoms with E-state index in [0.29, 0.717) is 0 Å². The number of rotatable bonds is 4. The van der Waals surface area contributed by atoms with Gasteiger partial charge in [-0.25, -0.2) is 13.1 Å². The molecule has 0 saturated carbocycles. The second kappa shape index (κ2) is 4.34. The molecule has 84 valence electrons. The van der Waals surface area contributed by atoms with Gasteiger partial charge in [0.25, 0.3) is 5.16 Å². The van der Waals surface area contributed by atoms with Crippen molar-refractivity contribution >= 4 is 15.8 Å². The van der Waals surface area contributed by atoms with Crippen molar-refractivity contribution in [3.8, 4) is 0 Å². The minimum atomic E-state index is -3.53. The Balaban J connectivity index is 2.88. The lowest BCUT2D eigenvalue weighted by Gasteiger charge is -2.02. The van der Waals surface area contributed by atoms with Crippen LogP contribution in [-0.4, -0.2) is 47.5 Å². The molecule has 15 heavy (non-hydrogen) atoms. The molecule has 0 bridgehead atoms. The summed E-state index contributed by atoms with van der Waals surface area (Å²) in [5, 5.41) is 9.51. The van der Waals surface area contributed by atoms with Crippen molar-refractivity contribution < 1.29 is 17.9 Å². The van der Waals surface area contributed by atoms with E-state index in [1.807, 2.05) is 0 Å². The van der Waals surface area contributed by atoms with Crippen LogP contribution in [0.2, 0.25) is 0 Å². The number of hydrogen-bond acceptors (Lipinski definition) is 7. The van der Waals surface area contributed by atoms with Crippen molar-refractivity contribution in [3.05, 3.63) is 0 Å². The summed E-state index contributed by atoms with van der Waals surface area (Å²) < 4.78 is 27.8. The number of esters is 1. The Kier molecular flexibility index (Phi) is 3.35. The van der Waals surface area contributed by atoms with Gasteiger partial charge in [0.05, 0.1) is 6.61 Å². The zero-order valence-electron chi connectivity index (χ0n) is 8.24. The quantitative estimate of drug-likeness (QED) is 0.592. The van der Waals surface area contributed by atoms with Crippen LogP contribution in [0.1, 0.15) is 6.92 Å². The summed E-state index contributed by atoms with van der Waals surface area (Å²) in [5.74, 6) is -0.588. The van der Waals surface area contributed by atoms with E-state index >= 15 is 0 Å². The molecule has 0 aliphatic carbocycles. The van der Waals surface area contributed by atoms with Crippen LogP contribution >= 0.6 is 0 Å². The lowest BCUT2D eigenvalue weighted by Crippen LogP contribution is -2.18. The monoisotopic (exact) mass is 234 g/mol. The highest BCUT2D eigenvalue weighted by Gasteiger charge is 2.19. The van der Waals surface area contributed by atoms with Gasteiger partial charge in [-0.1, -0.05) is 5.10 Å². The number of carbonyl (C=O) groups excluding carboxylic acids is 1. The molecule has 0 aliphatic heterocycles. The normalized spacial score (nSPS) is 11.3. The fraction of sp³-hybridized carbons (Fsp3) is 0.667. The molecule has 0 atom stereocenters. The zero-order valence-corrected chi connectivity index (χ0v) is 9.06. The first-order chi connectivity index (χ1) is 6.95. The molecular formula is C6H10N4O4S. The first-order valence-corrected chi connectivity index (χ1v) is 5.96. The van der Waals surface area contributed by atoms with E-state index < -0.39 is 15.8 Å². The number of ether oxygens (including phenoxy) is 1. The third-order valence-electron chi connectivity index (χ3n) is 1.41. The first-order valence-electron chi connectivity index (χ1n) is 4.07. The van der Waals surface area contributed by atoms with Gasteiger partial charge in [-0.05, 0) is 17.4 Å². The summed E-state index contributed by atoms with van der Waals surface area (Å²) in [7, 11) is -3.53. The molecule has 0 spiro atoms. The van der Waals surface area contributed by atoms with Crippen molar-refractivity contribution in [2.75, 3.05) is 12.9 Å². The molecular weight excluding hydrogens is 224 g/mol. The van der Waals surface area contributed by atoms with E-state index in [-0.39, 0.29) is 18.3 Å². The van der Waals surface area contributed by atoms with Crippen molar-refractivity contribution in [1.82, 2.24) is 20.2 Å². The molecule has 0 N–H and O–H groups in total. The van der Waals surface area contributed by atoms with Gasteiger partial charge in [0.1, 0.15) is 6.54 Å². The van der Waals surface area contributed by atoms with Gasteiger partial charge in [0.2, 0.25) is 9.84 Å². The van der Waals surface area contributed by atoms with Crippen molar-refractivity contribution in [2.24, 2.45) is 0 Å². The molecule has 1 rings (SSSR count). The summed E-state index contributed by atoms with van der Waals surface area (Å²) in [6.07, 6.45) is 0.959. The molecule has 0 radical (unpaired) electrons. The minimum absolute atomic E-state index is 0.217. The van der Waals surface area contributed by atoms with Crippen LogP contribution in [0.5, 0.6) is 0 Å². The van der Waals surface area contributed by atoms with Crippen LogP contribution in [0.15, 0.2) is 5.16 Å². The molecule has 1 aromatic rings. The summed E-state index contributed by atoms with van der Waals surface area (Å²) in [5.41, 5.74) is 0. The Morgan fingerprint density at radius 1 is 1.53 bits per heavy atom. The molecule has 0 amide bonds. The smallest absolute Gasteiger partial charge is 0.327 e. The van der Waals surface area contributed by atoms with Crippen LogP contribution in [0.3, 0.4) is 0 Å². The maximum Gasteiger partial charge on any atom is 0.327 e. The highest BCUT2D eigenvalue weighted by molar-refractivity contribution is 7.90. The largest absolute Gasteiger partial charge is 0.465 e. The summed E-state index contributed by atoms with van der Waals surface area (Å²) in [4.78, 5) is 11.1. The summed E-state index contributed by atoms with van der Waals surface area (Å²) in [6, 6.07) is 0. The zero-order chi connectivity index (χ0) is 11.5. The van der Waals surface area contributed by atoms with Crippen molar-refractivity contribution in [1.29, 1.82) is 0 Å². The number of sulfone groups is 1. The minimum Gasteiger partial charge on any atom is -0.465 e. The van der Waals surface area contributed by atoms with Gasteiger partial charge in [-0.2, -0.15) is 0 Å². The number of tetrazole rings is 1. The van der Waals surface area contributed by atoms with Crippen LogP contribution in [0.4, 0.5) is 0 Å². The highest BCUT2D eigenvalue weighted by Crippen LogP contribution is 2.01. The molecule has 0 saturated heterocycles. The van der Waals surface area contributed by atoms with E-state index in [9.17, 15) is 13.2 Å². The average Bonchev–Trinajstić information content (AvgIpc) is 2.51. The van der Waals surface area contributed by atoms with E-state index in [4.69, 9.17) is 0 Å². The van der Waals surface area contributed by atoms with E-state index in [2.05, 4.69) is 20.3 Å². The molecule has 1 aromatic heterocycles. The lowest BCUT2D eigenvalue weighted by atomic mass is 10.6. The average molecular weight is 234 g/mol. The lowest BCUT2D eigenvalue weighted by molar-refractivity contribution is -0.144. The van der Waals surface area contributed by atoms with Crippen molar-refractivity contribution in [3.63, 3.8) is 0 Å². The predicted molar refractivity (Wildman–Crippen MR) is 47.6 cm³/mol. The molecule has 0 aromatic carbocycles. The third-order valence-corrected chi connectivity index (χ3v) is 2.37. The predicted octanol–water partition coefficient (Wildman–Crippen LogP) is -1.36. The van der Waals surface area contributed by atoms with Gasteiger partial charge in [-0.3, -0.25) is 4.79 Å². The topological polar surface area (TPSA) is 104 Å². The Labute approximate surface area is 86.1 Å². The Hall–Kier alpha value is -1.51. The number of aromatic nitrogens is 4. The SMILES string of the molecule is CCOC(=O)Cn1nnnc1S(C)(=O)=O. The summed E-state index contributed by atoms with van der Waals surface area (Å²) >= 11 is 0. The van der Waals surface area contributed by atoms with Gasteiger partial charge in [-0.15, -0.1) is 0 Å². The Morgan fingerprint density at radius 3 is 2.73 bits per heavy atom. The molecule has 0 fully saturated rings. The van der Waals surface area contributed by atoms with Crippen LogP contribution in [-0.2, 0) is 25.9 Å². The van der Waals surface area contributed by atoms with Crippen LogP contribution < -0.4 is 0 Å². The van der Waals surface area contributed by atoms with Crippen molar-refractivity contribution in [2.45, 2.75) is 18.6 Å². The maximum absolute atomic E-state index is 11.1. The van der Waals surface area contributed by atoms with Gasteiger partial charge >= 0.3 is 5.97 Å². The molecule has 0 aliphatic rings. The molecule has 1 heterocycles. The second-order valence-corrected chi connectivity index (χ2v) is 4.61. The van der Waals surface area contributed by atoms with Crippen LogP contribution in [0.25, 0.3) is 0 Å². The van der Waals surface area contributed by atoms with Gasteiger partial charge in [0.15, 0.2) is 0 Å². The van der Waals surface area contributed by atoms with Crippen LogP contribution in [0, 0.1) is 0 Å². The number of hydrogen-bond donors (Lipinski definition) is 0. The molecule has 8 nitrogen and oxygen atoms in total. The first kappa shape index (κ1) is 11.6. The van der Waals surface area contributed by atoms with Gasteiger partial charge in [0, 0.05) is 6.26 Å². The second-order valence-electron chi connectivity index (χ2n) is 2.70. The number of carbonyl (C=O) groups is 1. The van der Waals surface area contributed by atoms with E-state index in [0.717, 1.165) is 10.9 Å². The standard InChI is InChI=1S/C6H10N4O4S/c1-3-14-5(11)4-10-6(7-8-9-10)15(2,12)13/h3-4H2,1-2H3. The fourth-order valence-corrected chi connectivity index (χ4v) is 1.56. The van der Waals surface area contributed by atoms with E-state index in [1.54, 1.807) is 6.92 Å². The highest BCUT2D eigenvalue weighted by atomic mass is 32.2. The fourth-order valence-electron chi connectivity index (χ4n) is 0.890. The third kappa shape index (κ3) is 2.98. The Bertz CT molecular complexity index is 451. The summed E-state index contributed by atoms with van der Waals surface area (Å²) in [6.45, 7) is 1.55.